The van der Waals surface area contributed by atoms with Crippen LogP contribution in [0.5, 0.6) is 0 Å². The number of nitrogens with zero attached hydrogens (tertiary/aromatic N) is 2. The van der Waals surface area contributed by atoms with Crippen LogP contribution in [-0.4, -0.2) is 23.8 Å². The second-order valence-electron chi connectivity index (χ2n) is 6.27. The molecule has 0 saturated heterocycles. The predicted molar refractivity (Wildman–Crippen MR) is 72.6 cm³/mol. The maximum Gasteiger partial charge on any atom is 0.226 e. The Morgan fingerprint density at radius 3 is 2.53 bits per heavy atom. The zero-order chi connectivity index (χ0) is 13.9. The third-order valence-electron chi connectivity index (χ3n) is 4.27. The summed E-state index contributed by atoms with van der Waals surface area (Å²) in [6.45, 7) is 5.24. The van der Waals surface area contributed by atoms with E-state index in [0.29, 0.717) is 23.7 Å². The van der Waals surface area contributed by atoms with E-state index >= 15 is 0 Å². The van der Waals surface area contributed by atoms with Crippen molar-refractivity contribution in [3.05, 3.63) is 11.7 Å². The van der Waals surface area contributed by atoms with E-state index in [1.807, 2.05) is 0 Å². The minimum atomic E-state index is -0.361. The van der Waals surface area contributed by atoms with E-state index in [4.69, 9.17) is 15.0 Å². The highest BCUT2D eigenvalue weighted by atomic mass is 16.5. The lowest BCUT2D eigenvalue weighted by Gasteiger charge is -2.40. The van der Waals surface area contributed by atoms with Gasteiger partial charge in [0.05, 0.1) is 0 Å². The van der Waals surface area contributed by atoms with Crippen molar-refractivity contribution in [2.45, 2.75) is 58.0 Å². The van der Waals surface area contributed by atoms with Gasteiger partial charge in [0.15, 0.2) is 0 Å². The summed E-state index contributed by atoms with van der Waals surface area (Å²) in [6.07, 6.45) is 5.75. The molecule has 1 aliphatic carbocycles. The topological polar surface area (TPSA) is 74.2 Å². The second-order valence-corrected chi connectivity index (χ2v) is 6.27. The summed E-state index contributed by atoms with van der Waals surface area (Å²) >= 11 is 0. The number of nitrogens with two attached hydrogens (primary N) is 1. The van der Waals surface area contributed by atoms with Crippen molar-refractivity contribution in [1.29, 1.82) is 0 Å². The number of ether oxygens (including phenoxy) is 1. The molecule has 2 N–H and O–H groups in total. The van der Waals surface area contributed by atoms with Crippen molar-refractivity contribution < 1.29 is 9.26 Å². The van der Waals surface area contributed by atoms with Crippen LogP contribution in [0.4, 0.5) is 0 Å². The van der Waals surface area contributed by atoms with Gasteiger partial charge in [-0.05, 0) is 44.1 Å². The Hall–Kier alpha value is -0.940. The van der Waals surface area contributed by atoms with Gasteiger partial charge < -0.3 is 15.0 Å². The molecule has 1 aromatic rings. The molecule has 0 radical (unpaired) electrons. The Morgan fingerprint density at radius 2 is 1.95 bits per heavy atom. The Labute approximate surface area is 114 Å². The molecule has 0 aliphatic heterocycles. The lowest BCUT2D eigenvalue weighted by Crippen LogP contribution is -2.37. The molecule has 0 amide bonds. The van der Waals surface area contributed by atoms with Crippen molar-refractivity contribution in [3.8, 4) is 0 Å². The van der Waals surface area contributed by atoms with Crippen LogP contribution in [-0.2, 0) is 16.8 Å². The van der Waals surface area contributed by atoms with E-state index in [9.17, 15) is 0 Å². The van der Waals surface area contributed by atoms with E-state index in [1.165, 1.54) is 0 Å². The quantitative estimate of drug-likeness (QED) is 0.886. The van der Waals surface area contributed by atoms with Gasteiger partial charge >= 0.3 is 0 Å². The van der Waals surface area contributed by atoms with Gasteiger partial charge in [0.1, 0.15) is 5.60 Å². The van der Waals surface area contributed by atoms with Gasteiger partial charge in [-0.3, -0.25) is 0 Å². The number of methoxy groups -OCH3 is 1. The lowest BCUT2D eigenvalue weighted by atomic mass is 9.70. The third-order valence-corrected chi connectivity index (χ3v) is 4.27. The van der Waals surface area contributed by atoms with Crippen LogP contribution in [0, 0.1) is 5.41 Å². The maximum atomic E-state index is 5.77. The summed E-state index contributed by atoms with van der Waals surface area (Å²) in [6, 6.07) is 0. The van der Waals surface area contributed by atoms with Gasteiger partial charge in [-0.1, -0.05) is 19.0 Å². The van der Waals surface area contributed by atoms with Crippen molar-refractivity contribution in [2.75, 3.05) is 13.7 Å². The third kappa shape index (κ3) is 3.15. The second kappa shape index (κ2) is 5.59. The Morgan fingerprint density at radius 1 is 1.26 bits per heavy atom. The highest BCUT2D eigenvalue weighted by Crippen LogP contribution is 2.46. The summed E-state index contributed by atoms with van der Waals surface area (Å²) in [5.74, 6) is 1.37. The maximum absolute atomic E-state index is 5.77. The van der Waals surface area contributed by atoms with E-state index in [-0.39, 0.29) is 5.60 Å². The average Bonchev–Trinajstić information content (AvgIpc) is 2.86. The molecule has 108 valence electrons. The number of hydrogen-bond donors (Lipinski definition) is 1. The van der Waals surface area contributed by atoms with Crippen molar-refractivity contribution in [2.24, 2.45) is 11.1 Å². The fourth-order valence-corrected chi connectivity index (χ4v) is 2.64. The monoisotopic (exact) mass is 267 g/mol. The number of aryl methyl sites for hydroxylation is 1. The van der Waals surface area contributed by atoms with E-state index in [2.05, 4.69) is 24.0 Å². The summed E-state index contributed by atoms with van der Waals surface area (Å²) in [4.78, 5) is 4.50. The average molecular weight is 267 g/mol. The highest BCUT2D eigenvalue weighted by molar-refractivity contribution is 5.05. The van der Waals surface area contributed by atoms with Gasteiger partial charge in [0.2, 0.25) is 11.7 Å². The molecule has 0 spiro atoms. The molecular weight excluding hydrogens is 242 g/mol. The minimum Gasteiger partial charge on any atom is -0.370 e. The van der Waals surface area contributed by atoms with Crippen LogP contribution >= 0.6 is 0 Å². The number of rotatable bonds is 5. The molecule has 0 unspecified atom stereocenters. The Bertz CT molecular complexity index is 405. The fraction of sp³-hybridized carbons (Fsp3) is 0.857. The first-order chi connectivity index (χ1) is 9.01. The van der Waals surface area contributed by atoms with Crippen LogP contribution in [0.2, 0.25) is 0 Å². The molecule has 1 saturated carbocycles. The molecule has 1 aliphatic rings. The first-order valence-electron chi connectivity index (χ1n) is 7.10. The first kappa shape index (κ1) is 14.5. The zero-order valence-electron chi connectivity index (χ0n) is 12.2. The van der Waals surface area contributed by atoms with Gasteiger partial charge in [-0.15, -0.1) is 0 Å². The summed E-state index contributed by atoms with van der Waals surface area (Å²) in [5.41, 5.74) is 5.52. The predicted octanol–water partition coefficient (Wildman–Crippen LogP) is 2.40. The fourth-order valence-electron chi connectivity index (χ4n) is 2.64. The molecule has 2 rings (SSSR count). The van der Waals surface area contributed by atoms with E-state index in [1.54, 1.807) is 7.11 Å². The molecule has 0 atom stereocenters. The molecule has 0 aromatic carbocycles. The molecule has 5 nitrogen and oxygen atoms in total. The minimum absolute atomic E-state index is 0.361. The largest absolute Gasteiger partial charge is 0.370 e. The summed E-state index contributed by atoms with van der Waals surface area (Å²) in [7, 11) is 1.74. The number of hydrogen-bond acceptors (Lipinski definition) is 5. The van der Waals surface area contributed by atoms with E-state index < -0.39 is 0 Å². The number of aromatic nitrogens is 2. The standard InChI is InChI=1S/C14H25N3O2/c1-13(2)6-8-14(18-3,9-7-13)12-16-11(19-17-12)5-4-10-15/h4-10,15H2,1-3H3. The SMILES string of the molecule is COC1(c2noc(CCCN)n2)CCC(C)(C)CC1. The van der Waals surface area contributed by atoms with Crippen LogP contribution in [0.25, 0.3) is 0 Å². The molecule has 1 heterocycles. The van der Waals surface area contributed by atoms with Gasteiger partial charge in [-0.2, -0.15) is 4.98 Å². The van der Waals surface area contributed by atoms with Gasteiger partial charge in [0, 0.05) is 13.5 Å². The van der Waals surface area contributed by atoms with Crippen molar-refractivity contribution >= 4 is 0 Å². The van der Waals surface area contributed by atoms with E-state index in [0.717, 1.165) is 38.5 Å². The summed E-state index contributed by atoms with van der Waals surface area (Å²) in [5, 5.41) is 4.13. The molecule has 1 aromatic heterocycles. The smallest absolute Gasteiger partial charge is 0.226 e. The van der Waals surface area contributed by atoms with Crippen molar-refractivity contribution in [3.63, 3.8) is 0 Å². The highest BCUT2D eigenvalue weighted by Gasteiger charge is 2.43. The van der Waals surface area contributed by atoms with Crippen LogP contribution in [0.3, 0.4) is 0 Å². The molecule has 1 fully saturated rings. The summed E-state index contributed by atoms with van der Waals surface area (Å²) < 4.78 is 11.1. The molecule has 19 heavy (non-hydrogen) atoms. The van der Waals surface area contributed by atoms with Gasteiger partial charge in [0.25, 0.3) is 0 Å². The van der Waals surface area contributed by atoms with Crippen LogP contribution in [0.1, 0.15) is 57.7 Å². The molecular formula is C14H25N3O2. The Balaban J connectivity index is 2.11. The van der Waals surface area contributed by atoms with Crippen LogP contribution in [0.15, 0.2) is 4.52 Å². The zero-order valence-corrected chi connectivity index (χ0v) is 12.2. The lowest BCUT2D eigenvalue weighted by molar-refractivity contribution is -0.0740. The van der Waals surface area contributed by atoms with Crippen LogP contribution < -0.4 is 5.73 Å². The van der Waals surface area contributed by atoms with Crippen molar-refractivity contribution in [1.82, 2.24) is 10.1 Å². The first-order valence-corrected chi connectivity index (χ1v) is 7.10. The molecule has 0 bridgehead atoms. The Kier molecular flexibility index (Phi) is 4.26. The van der Waals surface area contributed by atoms with Gasteiger partial charge in [-0.25, -0.2) is 0 Å². The molecule has 5 heteroatoms. The normalized spacial score (nSPS) is 21.5.